The smallest absolute Gasteiger partial charge is 0.272 e. The summed E-state index contributed by atoms with van der Waals surface area (Å²) >= 11 is 1.70. The van der Waals surface area contributed by atoms with Gasteiger partial charge in [0.2, 0.25) is 0 Å². The highest BCUT2D eigenvalue weighted by Gasteiger charge is 2.28. The van der Waals surface area contributed by atoms with Gasteiger partial charge >= 0.3 is 0 Å². The number of pyridine rings is 1. The predicted molar refractivity (Wildman–Crippen MR) is 93.1 cm³/mol. The predicted octanol–water partition coefficient (Wildman–Crippen LogP) is 3.30. The van der Waals surface area contributed by atoms with E-state index in [0.29, 0.717) is 29.4 Å². The van der Waals surface area contributed by atoms with Crippen LogP contribution in [0.2, 0.25) is 0 Å². The zero-order valence-electron chi connectivity index (χ0n) is 14.0. The molecule has 24 heavy (non-hydrogen) atoms. The molecule has 6 heteroatoms. The van der Waals surface area contributed by atoms with E-state index in [1.54, 1.807) is 30.4 Å². The summed E-state index contributed by atoms with van der Waals surface area (Å²) in [6.07, 6.45) is 2.99. The monoisotopic (exact) mass is 340 g/mol. The zero-order chi connectivity index (χ0) is 17.1. The fourth-order valence-corrected chi connectivity index (χ4v) is 4.03. The van der Waals surface area contributed by atoms with Crippen molar-refractivity contribution in [1.82, 2.24) is 14.9 Å². The van der Waals surface area contributed by atoms with Gasteiger partial charge in [-0.25, -0.2) is 9.97 Å². The fraction of sp³-hybridized carbons (Fsp3) is 0.444. The lowest BCUT2D eigenvalue weighted by Gasteiger charge is -2.31. The average molecular weight is 340 g/mol. The van der Waals surface area contributed by atoms with Crippen molar-refractivity contribution in [2.45, 2.75) is 39.0 Å². The number of amides is 1. The molecule has 2 aromatic heterocycles. The van der Waals surface area contributed by atoms with E-state index in [2.05, 4.69) is 28.3 Å². The van der Waals surface area contributed by atoms with E-state index >= 15 is 0 Å². The van der Waals surface area contributed by atoms with Gasteiger partial charge < -0.3 is 4.90 Å². The van der Waals surface area contributed by atoms with Gasteiger partial charge in [0.05, 0.1) is 22.0 Å². The summed E-state index contributed by atoms with van der Waals surface area (Å²) < 4.78 is 0. The Morgan fingerprint density at radius 3 is 2.96 bits per heavy atom. The minimum atomic E-state index is -0.0560. The van der Waals surface area contributed by atoms with Crippen molar-refractivity contribution in [2.75, 3.05) is 13.1 Å². The van der Waals surface area contributed by atoms with Gasteiger partial charge in [0.25, 0.3) is 5.91 Å². The van der Waals surface area contributed by atoms with Gasteiger partial charge in [-0.3, -0.25) is 4.79 Å². The molecular formula is C18H20N4OS. The molecular weight excluding hydrogens is 320 g/mol. The normalized spacial score (nSPS) is 17.5. The van der Waals surface area contributed by atoms with Crippen LogP contribution in [0.15, 0.2) is 17.5 Å². The van der Waals surface area contributed by atoms with Crippen LogP contribution in [0.5, 0.6) is 0 Å². The second kappa shape index (κ2) is 7.10. The Bertz CT molecular complexity index is 793. The number of carbonyl (C=O) groups excluding carboxylic acids is 1. The summed E-state index contributed by atoms with van der Waals surface area (Å²) in [5.74, 6) is 0.257. The van der Waals surface area contributed by atoms with E-state index in [0.717, 1.165) is 36.5 Å². The lowest BCUT2D eigenvalue weighted by Crippen LogP contribution is -2.39. The SMILES string of the molecule is CCc1csc(C2CCCN(C(=O)c3ccc(C#N)c(C)n3)C2)n1. The van der Waals surface area contributed by atoms with Crippen molar-refractivity contribution >= 4 is 17.2 Å². The van der Waals surface area contributed by atoms with Crippen molar-refractivity contribution in [3.8, 4) is 6.07 Å². The first-order valence-corrected chi connectivity index (χ1v) is 9.11. The lowest BCUT2D eigenvalue weighted by atomic mass is 9.98. The van der Waals surface area contributed by atoms with Crippen molar-refractivity contribution in [1.29, 1.82) is 5.26 Å². The van der Waals surface area contributed by atoms with Gasteiger partial charge in [-0.15, -0.1) is 11.3 Å². The molecule has 0 N–H and O–H groups in total. The minimum absolute atomic E-state index is 0.0560. The highest BCUT2D eigenvalue weighted by Crippen LogP contribution is 2.30. The topological polar surface area (TPSA) is 69.9 Å². The second-order valence-electron chi connectivity index (χ2n) is 6.06. The molecule has 0 bridgehead atoms. The van der Waals surface area contributed by atoms with Crippen molar-refractivity contribution < 1.29 is 4.79 Å². The number of nitrogens with zero attached hydrogens (tertiary/aromatic N) is 4. The first-order valence-electron chi connectivity index (χ1n) is 8.23. The van der Waals surface area contributed by atoms with Crippen LogP contribution in [0.1, 0.15) is 58.1 Å². The molecule has 3 heterocycles. The van der Waals surface area contributed by atoms with Crippen LogP contribution in [0.4, 0.5) is 0 Å². The standard InChI is InChI=1S/C18H20N4OS/c1-3-15-11-24-17(21-15)14-5-4-8-22(10-14)18(23)16-7-6-13(9-19)12(2)20-16/h6-7,11,14H,3-5,8,10H2,1-2H3. The summed E-state index contributed by atoms with van der Waals surface area (Å²) in [4.78, 5) is 23.6. The van der Waals surface area contributed by atoms with E-state index in [1.807, 2.05) is 4.90 Å². The van der Waals surface area contributed by atoms with Crippen LogP contribution in [-0.4, -0.2) is 33.9 Å². The Morgan fingerprint density at radius 1 is 1.46 bits per heavy atom. The third-order valence-electron chi connectivity index (χ3n) is 4.41. The van der Waals surface area contributed by atoms with Crippen LogP contribution >= 0.6 is 11.3 Å². The first kappa shape index (κ1) is 16.6. The molecule has 0 aliphatic carbocycles. The summed E-state index contributed by atoms with van der Waals surface area (Å²) in [5.41, 5.74) is 2.66. The molecule has 124 valence electrons. The van der Waals surface area contributed by atoms with E-state index < -0.39 is 0 Å². The summed E-state index contributed by atoms with van der Waals surface area (Å²) in [5, 5.41) is 12.2. The molecule has 1 atom stereocenters. The van der Waals surface area contributed by atoms with Gasteiger partial charge in [-0.05, 0) is 38.3 Å². The molecule has 5 nitrogen and oxygen atoms in total. The van der Waals surface area contributed by atoms with Crippen LogP contribution in [-0.2, 0) is 6.42 Å². The number of rotatable bonds is 3. The van der Waals surface area contributed by atoms with Crippen LogP contribution in [0, 0.1) is 18.3 Å². The second-order valence-corrected chi connectivity index (χ2v) is 6.95. The number of aromatic nitrogens is 2. The van der Waals surface area contributed by atoms with Crippen molar-refractivity contribution in [3.63, 3.8) is 0 Å². The summed E-state index contributed by atoms with van der Waals surface area (Å²) in [6.45, 7) is 5.31. The van der Waals surface area contributed by atoms with Crippen LogP contribution in [0.3, 0.4) is 0 Å². The molecule has 1 aliphatic heterocycles. The number of thiazole rings is 1. The number of nitriles is 1. The van der Waals surface area contributed by atoms with Gasteiger partial charge in [-0.1, -0.05) is 6.92 Å². The summed E-state index contributed by atoms with van der Waals surface area (Å²) in [7, 11) is 0. The number of likely N-dealkylation sites (tertiary alicyclic amines) is 1. The molecule has 0 saturated carbocycles. The summed E-state index contributed by atoms with van der Waals surface area (Å²) in [6, 6.07) is 5.40. The maximum absolute atomic E-state index is 12.8. The Kier molecular flexibility index (Phi) is 4.91. The molecule has 0 spiro atoms. The van der Waals surface area contributed by atoms with Gasteiger partial charge in [0, 0.05) is 24.4 Å². The van der Waals surface area contributed by atoms with E-state index in [4.69, 9.17) is 5.26 Å². The van der Waals surface area contributed by atoms with Gasteiger partial charge in [0.1, 0.15) is 11.8 Å². The quantitative estimate of drug-likeness (QED) is 0.859. The van der Waals surface area contributed by atoms with E-state index in [1.165, 1.54) is 0 Å². The van der Waals surface area contributed by atoms with Crippen molar-refractivity contribution in [2.24, 2.45) is 0 Å². The van der Waals surface area contributed by atoms with E-state index in [9.17, 15) is 4.79 Å². The number of hydrogen-bond donors (Lipinski definition) is 0. The largest absolute Gasteiger partial charge is 0.337 e. The molecule has 3 rings (SSSR count). The van der Waals surface area contributed by atoms with E-state index in [-0.39, 0.29) is 5.91 Å². The van der Waals surface area contributed by atoms with Crippen molar-refractivity contribution in [3.05, 3.63) is 45.2 Å². The maximum atomic E-state index is 12.8. The highest BCUT2D eigenvalue weighted by molar-refractivity contribution is 7.09. The fourth-order valence-electron chi connectivity index (χ4n) is 3.00. The molecule has 1 unspecified atom stereocenters. The van der Waals surface area contributed by atoms with Gasteiger partial charge in [-0.2, -0.15) is 5.26 Å². The molecule has 0 aromatic carbocycles. The Morgan fingerprint density at radius 2 is 2.29 bits per heavy atom. The molecule has 1 saturated heterocycles. The van der Waals surface area contributed by atoms with Crippen LogP contribution in [0.25, 0.3) is 0 Å². The zero-order valence-corrected chi connectivity index (χ0v) is 14.8. The molecule has 0 radical (unpaired) electrons. The lowest BCUT2D eigenvalue weighted by molar-refractivity contribution is 0.0701. The molecule has 1 aliphatic rings. The number of carbonyl (C=O) groups is 1. The maximum Gasteiger partial charge on any atom is 0.272 e. The number of aryl methyl sites for hydroxylation is 2. The first-order chi connectivity index (χ1) is 11.6. The Labute approximate surface area is 146 Å². The third kappa shape index (κ3) is 3.31. The molecule has 1 amide bonds. The number of piperidine rings is 1. The Hall–Kier alpha value is -2.26. The minimum Gasteiger partial charge on any atom is -0.337 e. The molecule has 2 aromatic rings. The van der Waals surface area contributed by atoms with Crippen LogP contribution < -0.4 is 0 Å². The Balaban J connectivity index is 1.75. The third-order valence-corrected chi connectivity index (χ3v) is 5.47. The molecule has 1 fully saturated rings. The average Bonchev–Trinajstić information content (AvgIpc) is 3.10. The number of hydrogen-bond acceptors (Lipinski definition) is 5. The highest BCUT2D eigenvalue weighted by atomic mass is 32.1. The van der Waals surface area contributed by atoms with Gasteiger partial charge in [0.15, 0.2) is 0 Å².